The summed E-state index contributed by atoms with van der Waals surface area (Å²) >= 11 is 30.9. The molecule has 0 saturated heterocycles. The standard InChI is InChI=1S/C22H13Cl5F2N4O2/c23-9-3-8(4-10(24)5-9)15-16(22(15,26)27)21(35)32-11-1-2-13(25)12(6-11)20(34)33-19-17(29)18(30)14(28)7-31-19/h1-7,15-16H,(H,32,35)(H3,30,31,33,34)/t15-,16+/m1/s1. The molecule has 0 unspecified atom stereocenters. The smallest absolute Gasteiger partial charge is 0.258 e. The molecule has 1 saturated carbocycles. The van der Waals surface area contributed by atoms with Gasteiger partial charge in [0, 0.05) is 21.7 Å². The maximum Gasteiger partial charge on any atom is 0.258 e. The van der Waals surface area contributed by atoms with E-state index in [1.807, 2.05) is 0 Å². The predicted molar refractivity (Wildman–Crippen MR) is 134 cm³/mol. The van der Waals surface area contributed by atoms with Crippen molar-refractivity contribution in [3.63, 3.8) is 0 Å². The Morgan fingerprint density at radius 2 is 1.66 bits per heavy atom. The van der Waals surface area contributed by atoms with Crippen LogP contribution in [0.3, 0.4) is 0 Å². The molecule has 3 aromatic rings. The highest BCUT2D eigenvalue weighted by molar-refractivity contribution is 6.53. The molecule has 6 nitrogen and oxygen atoms in total. The van der Waals surface area contributed by atoms with Gasteiger partial charge in [0.2, 0.25) is 5.91 Å². The Morgan fingerprint density at radius 1 is 1.00 bits per heavy atom. The Bertz CT molecular complexity index is 1350. The van der Waals surface area contributed by atoms with Gasteiger partial charge in [-0.3, -0.25) is 9.59 Å². The molecular weight excluding hydrogens is 568 g/mol. The van der Waals surface area contributed by atoms with E-state index in [1.165, 1.54) is 24.3 Å². The lowest BCUT2D eigenvalue weighted by atomic mass is 10.1. The minimum Gasteiger partial charge on any atom is -0.394 e. The number of amides is 2. The topological polar surface area (TPSA) is 97.1 Å². The number of rotatable bonds is 5. The average Bonchev–Trinajstić information content (AvgIpc) is 3.36. The molecule has 2 amide bonds. The fraction of sp³-hybridized carbons (Fsp3) is 0.136. The molecule has 1 aliphatic rings. The van der Waals surface area contributed by atoms with Gasteiger partial charge in [-0.05, 0) is 42.0 Å². The lowest BCUT2D eigenvalue weighted by Gasteiger charge is -2.11. The second kappa shape index (κ2) is 9.59. The SMILES string of the molecule is Nc1c(F)cnc(NC(=O)c2cc(NC(=O)[C@@H]3[C@@H](c4cc(Cl)cc(Cl)c4)C3(Cl)Cl)ccc2Cl)c1F. The van der Waals surface area contributed by atoms with E-state index in [1.54, 1.807) is 12.1 Å². The number of pyridine rings is 1. The molecule has 2 atom stereocenters. The number of aromatic nitrogens is 1. The van der Waals surface area contributed by atoms with E-state index in [0.717, 1.165) is 0 Å². The quantitative estimate of drug-likeness (QED) is 0.293. The van der Waals surface area contributed by atoms with E-state index in [2.05, 4.69) is 15.6 Å². The number of anilines is 3. The van der Waals surface area contributed by atoms with Gasteiger partial charge in [0.1, 0.15) is 10.0 Å². The number of alkyl halides is 2. The molecule has 4 rings (SSSR count). The van der Waals surface area contributed by atoms with Crippen molar-refractivity contribution in [1.82, 2.24) is 4.98 Å². The van der Waals surface area contributed by atoms with Crippen molar-refractivity contribution in [1.29, 1.82) is 0 Å². The first-order valence-electron chi connectivity index (χ1n) is 9.75. The largest absolute Gasteiger partial charge is 0.394 e. The van der Waals surface area contributed by atoms with Crippen LogP contribution in [-0.2, 0) is 4.79 Å². The van der Waals surface area contributed by atoms with E-state index in [0.29, 0.717) is 21.8 Å². The van der Waals surface area contributed by atoms with Crippen molar-refractivity contribution in [2.45, 2.75) is 10.3 Å². The van der Waals surface area contributed by atoms with E-state index in [-0.39, 0.29) is 16.3 Å². The molecule has 2 aromatic carbocycles. The Hall–Kier alpha value is -2.36. The number of halogens is 7. The third-order valence-electron chi connectivity index (χ3n) is 5.30. The summed E-state index contributed by atoms with van der Waals surface area (Å²) in [6.07, 6.45) is 0.663. The highest BCUT2D eigenvalue weighted by atomic mass is 35.5. The van der Waals surface area contributed by atoms with Gasteiger partial charge in [0.05, 0.1) is 22.7 Å². The normalized spacial score (nSPS) is 18.1. The Balaban J connectivity index is 1.52. The Morgan fingerprint density at radius 3 is 2.31 bits per heavy atom. The fourth-order valence-electron chi connectivity index (χ4n) is 3.56. The van der Waals surface area contributed by atoms with Crippen LogP contribution in [0.2, 0.25) is 15.1 Å². The van der Waals surface area contributed by atoms with Gasteiger partial charge >= 0.3 is 0 Å². The molecule has 1 fully saturated rings. The summed E-state index contributed by atoms with van der Waals surface area (Å²) in [7, 11) is 0. The molecule has 1 aliphatic carbocycles. The molecule has 4 N–H and O–H groups in total. The number of carbonyl (C=O) groups excluding carboxylic acids is 2. The van der Waals surface area contributed by atoms with Gasteiger partial charge in [0.15, 0.2) is 17.5 Å². The number of nitrogen functional groups attached to an aromatic ring is 1. The fourth-order valence-corrected chi connectivity index (χ4v) is 5.14. The van der Waals surface area contributed by atoms with E-state index >= 15 is 0 Å². The maximum atomic E-state index is 14.1. The minimum atomic E-state index is -1.41. The summed E-state index contributed by atoms with van der Waals surface area (Å²) in [5, 5.41) is 5.53. The molecular formula is C22H13Cl5F2N4O2. The highest BCUT2D eigenvalue weighted by Crippen LogP contribution is 2.65. The van der Waals surface area contributed by atoms with Gasteiger partial charge < -0.3 is 16.4 Å². The van der Waals surface area contributed by atoms with Crippen LogP contribution in [0.25, 0.3) is 0 Å². The Labute approximate surface area is 222 Å². The van der Waals surface area contributed by atoms with Crippen molar-refractivity contribution in [2.24, 2.45) is 5.92 Å². The molecule has 13 heteroatoms. The number of hydrogen-bond donors (Lipinski definition) is 3. The molecule has 0 radical (unpaired) electrons. The maximum absolute atomic E-state index is 14.1. The highest BCUT2D eigenvalue weighted by Gasteiger charge is 2.67. The molecule has 182 valence electrons. The second-order valence-corrected chi connectivity index (χ2v) is 10.4. The van der Waals surface area contributed by atoms with E-state index in [9.17, 15) is 18.4 Å². The summed E-state index contributed by atoms with van der Waals surface area (Å²) < 4.78 is 26.0. The number of carbonyl (C=O) groups is 2. The molecule has 0 aliphatic heterocycles. The predicted octanol–water partition coefficient (Wildman–Crippen LogP) is 6.68. The lowest BCUT2D eigenvalue weighted by Crippen LogP contribution is -2.19. The molecule has 0 bridgehead atoms. The van der Waals surface area contributed by atoms with Crippen LogP contribution >= 0.6 is 58.0 Å². The first kappa shape index (κ1) is 25.7. The zero-order valence-electron chi connectivity index (χ0n) is 17.2. The lowest BCUT2D eigenvalue weighted by molar-refractivity contribution is -0.117. The number of nitrogens with one attached hydrogen (secondary N) is 2. The summed E-state index contributed by atoms with van der Waals surface area (Å²) in [6, 6.07) is 8.83. The van der Waals surface area contributed by atoms with Crippen LogP contribution in [0.4, 0.5) is 26.0 Å². The van der Waals surface area contributed by atoms with E-state index in [4.69, 9.17) is 63.7 Å². The summed E-state index contributed by atoms with van der Waals surface area (Å²) in [5.41, 5.74) is 5.15. The summed E-state index contributed by atoms with van der Waals surface area (Å²) in [6.45, 7) is 0. The summed E-state index contributed by atoms with van der Waals surface area (Å²) in [4.78, 5) is 29.1. The second-order valence-electron chi connectivity index (χ2n) is 7.65. The van der Waals surface area contributed by atoms with Crippen LogP contribution in [0.5, 0.6) is 0 Å². The zero-order valence-corrected chi connectivity index (χ0v) is 21.0. The van der Waals surface area contributed by atoms with Crippen molar-refractivity contribution in [3.05, 3.63) is 80.4 Å². The van der Waals surface area contributed by atoms with Crippen LogP contribution in [-0.4, -0.2) is 21.1 Å². The van der Waals surface area contributed by atoms with Gasteiger partial charge in [-0.1, -0.05) is 34.8 Å². The first-order chi connectivity index (χ1) is 16.4. The molecule has 0 spiro atoms. The van der Waals surface area contributed by atoms with Crippen LogP contribution in [0, 0.1) is 17.6 Å². The third-order valence-corrected chi connectivity index (χ3v) is 7.01. The van der Waals surface area contributed by atoms with Crippen LogP contribution in [0.15, 0.2) is 42.6 Å². The molecule has 35 heavy (non-hydrogen) atoms. The zero-order chi connectivity index (χ0) is 25.7. The summed E-state index contributed by atoms with van der Waals surface area (Å²) in [5.74, 6) is -5.70. The van der Waals surface area contributed by atoms with E-state index < -0.39 is 51.1 Å². The number of nitrogens with zero attached hydrogens (tertiary/aromatic N) is 1. The van der Waals surface area contributed by atoms with Crippen LogP contribution in [0.1, 0.15) is 21.8 Å². The van der Waals surface area contributed by atoms with Crippen molar-refractivity contribution in [3.8, 4) is 0 Å². The van der Waals surface area contributed by atoms with Gasteiger partial charge in [0.25, 0.3) is 5.91 Å². The number of nitrogens with two attached hydrogens (primary N) is 1. The molecule has 1 heterocycles. The van der Waals surface area contributed by atoms with Crippen LogP contribution < -0.4 is 16.4 Å². The average molecular weight is 581 g/mol. The number of hydrogen-bond acceptors (Lipinski definition) is 4. The Kier molecular flexibility index (Phi) is 7.05. The third kappa shape index (κ3) is 5.13. The van der Waals surface area contributed by atoms with Gasteiger partial charge in [-0.25, -0.2) is 13.8 Å². The first-order valence-corrected chi connectivity index (χ1v) is 11.6. The minimum absolute atomic E-state index is 0.00195. The van der Waals surface area contributed by atoms with Crippen molar-refractivity contribution in [2.75, 3.05) is 16.4 Å². The van der Waals surface area contributed by atoms with Crippen molar-refractivity contribution < 1.29 is 18.4 Å². The number of benzene rings is 2. The molecule has 1 aromatic heterocycles. The van der Waals surface area contributed by atoms with Gasteiger partial charge in [-0.2, -0.15) is 0 Å². The van der Waals surface area contributed by atoms with Gasteiger partial charge in [-0.15, -0.1) is 23.2 Å². The monoisotopic (exact) mass is 578 g/mol. The van der Waals surface area contributed by atoms with Crippen molar-refractivity contribution >= 4 is 87.0 Å².